The van der Waals surface area contributed by atoms with Gasteiger partial charge in [0.05, 0.1) is 0 Å². The van der Waals surface area contributed by atoms with Gasteiger partial charge in [0.1, 0.15) is 0 Å². The Morgan fingerprint density at radius 1 is 1.50 bits per heavy atom. The molecule has 1 aromatic heterocycles. The zero-order valence-electron chi connectivity index (χ0n) is 10.6. The molecule has 0 aliphatic carbocycles. The minimum atomic E-state index is 0.557. The lowest BCUT2D eigenvalue weighted by Crippen LogP contribution is -2.15. The van der Waals surface area contributed by atoms with Gasteiger partial charge in [-0.25, -0.2) is 4.98 Å². The van der Waals surface area contributed by atoms with Gasteiger partial charge in [0.25, 0.3) is 0 Å². The Hall–Kier alpha value is -0.640. The first-order valence-corrected chi connectivity index (χ1v) is 7.48. The molecular formula is C12H23N3S. The first-order chi connectivity index (χ1) is 7.83. The molecule has 0 saturated heterocycles. The van der Waals surface area contributed by atoms with Crippen LogP contribution < -0.4 is 5.32 Å². The van der Waals surface area contributed by atoms with Crippen LogP contribution in [0.15, 0.2) is 12.4 Å². The Morgan fingerprint density at radius 2 is 2.31 bits per heavy atom. The molecule has 0 bridgehead atoms. The van der Waals surface area contributed by atoms with Gasteiger partial charge in [0.15, 0.2) is 0 Å². The SMILES string of the molecule is CCCCNc1nccn1C(CC)CSC. The summed E-state index contributed by atoms with van der Waals surface area (Å²) in [6, 6.07) is 0.557. The summed E-state index contributed by atoms with van der Waals surface area (Å²) in [5.41, 5.74) is 0. The van der Waals surface area contributed by atoms with Gasteiger partial charge in [-0.05, 0) is 19.1 Å². The minimum Gasteiger partial charge on any atom is -0.356 e. The highest BCUT2D eigenvalue weighted by Gasteiger charge is 2.11. The number of hydrogen-bond donors (Lipinski definition) is 1. The molecule has 16 heavy (non-hydrogen) atoms. The van der Waals surface area contributed by atoms with E-state index >= 15 is 0 Å². The molecule has 0 amide bonds. The second-order valence-electron chi connectivity index (χ2n) is 3.96. The molecule has 3 nitrogen and oxygen atoms in total. The first-order valence-electron chi connectivity index (χ1n) is 6.09. The van der Waals surface area contributed by atoms with Crippen LogP contribution in [0.25, 0.3) is 0 Å². The zero-order chi connectivity index (χ0) is 11.8. The van der Waals surface area contributed by atoms with Crippen molar-refractivity contribution in [3.8, 4) is 0 Å². The Morgan fingerprint density at radius 3 is 2.94 bits per heavy atom. The van der Waals surface area contributed by atoms with E-state index in [0.29, 0.717) is 6.04 Å². The summed E-state index contributed by atoms with van der Waals surface area (Å²) in [4.78, 5) is 4.38. The lowest BCUT2D eigenvalue weighted by molar-refractivity contribution is 0.543. The summed E-state index contributed by atoms with van der Waals surface area (Å²) in [6.07, 6.45) is 9.70. The molecule has 1 unspecified atom stereocenters. The molecule has 0 aromatic carbocycles. The normalized spacial score (nSPS) is 12.7. The van der Waals surface area contributed by atoms with Crippen molar-refractivity contribution in [3.05, 3.63) is 12.4 Å². The summed E-state index contributed by atoms with van der Waals surface area (Å²) >= 11 is 1.89. The lowest BCUT2D eigenvalue weighted by atomic mass is 10.2. The monoisotopic (exact) mass is 241 g/mol. The molecule has 92 valence electrons. The third kappa shape index (κ3) is 3.74. The molecule has 0 radical (unpaired) electrons. The van der Waals surface area contributed by atoms with Gasteiger partial charge in [-0.2, -0.15) is 11.8 Å². The van der Waals surface area contributed by atoms with Crippen molar-refractivity contribution in [2.24, 2.45) is 0 Å². The number of hydrogen-bond acceptors (Lipinski definition) is 3. The minimum absolute atomic E-state index is 0.557. The van der Waals surface area contributed by atoms with Crippen molar-refractivity contribution >= 4 is 17.7 Å². The second-order valence-corrected chi connectivity index (χ2v) is 4.87. The standard InChI is InChI=1S/C12H23N3S/c1-4-6-7-13-12-14-8-9-15(12)11(5-2)10-16-3/h8-9,11H,4-7,10H2,1-3H3,(H,13,14). The molecule has 0 aliphatic heterocycles. The van der Waals surface area contributed by atoms with Crippen LogP contribution in [0.4, 0.5) is 5.95 Å². The van der Waals surface area contributed by atoms with Crippen LogP contribution in [-0.4, -0.2) is 28.1 Å². The fourth-order valence-corrected chi connectivity index (χ4v) is 2.49. The molecule has 1 heterocycles. The number of thioether (sulfide) groups is 1. The average molecular weight is 241 g/mol. The van der Waals surface area contributed by atoms with E-state index in [1.54, 1.807) is 0 Å². The Kier molecular flexibility index (Phi) is 6.38. The van der Waals surface area contributed by atoms with E-state index in [-0.39, 0.29) is 0 Å². The van der Waals surface area contributed by atoms with Crippen molar-refractivity contribution in [2.75, 3.05) is 23.9 Å². The number of aromatic nitrogens is 2. The van der Waals surface area contributed by atoms with E-state index in [0.717, 1.165) is 24.7 Å². The van der Waals surface area contributed by atoms with Crippen LogP contribution in [0.5, 0.6) is 0 Å². The quantitative estimate of drug-likeness (QED) is 0.707. The summed E-state index contributed by atoms with van der Waals surface area (Å²) in [5.74, 6) is 2.17. The summed E-state index contributed by atoms with van der Waals surface area (Å²) in [7, 11) is 0. The van der Waals surface area contributed by atoms with Crippen molar-refractivity contribution in [2.45, 2.75) is 39.2 Å². The largest absolute Gasteiger partial charge is 0.356 e. The van der Waals surface area contributed by atoms with E-state index in [1.807, 2.05) is 18.0 Å². The zero-order valence-corrected chi connectivity index (χ0v) is 11.4. The van der Waals surface area contributed by atoms with Gasteiger partial charge in [0, 0.05) is 30.7 Å². The third-order valence-electron chi connectivity index (χ3n) is 2.71. The molecule has 1 atom stereocenters. The maximum absolute atomic E-state index is 4.38. The summed E-state index contributed by atoms with van der Waals surface area (Å²) < 4.78 is 2.27. The second kappa shape index (κ2) is 7.60. The Bertz CT molecular complexity index is 286. The van der Waals surface area contributed by atoms with Crippen LogP contribution in [0.1, 0.15) is 39.2 Å². The van der Waals surface area contributed by atoms with Gasteiger partial charge in [-0.1, -0.05) is 20.3 Å². The smallest absolute Gasteiger partial charge is 0.203 e. The number of imidazole rings is 1. The van der Waals surface area contributed by atoms with Crippen LogP contribution >= 0.6 is 11.8 Å². The number of nitrogens with zero attached hydrogens (tertiary/aromatic N) is 2. The van der Waals surface area contributed by atoms with Gasteiger partial charge in [-0.3, -0.25) is 0 Å². The van der Waals surface area contributed by atoms with Gasteiger partial charge in [0.2, 0.25) is 5.95 Å². The number of anilines is 1. The summed E-state index contributed by atoms with van der Waals surface area (Å²) in [6.45, 7) is 5.46. The highest BCUT2D eigenvalue weighted by Crippen LogP contribution is 2.20. The molecule has 1 aromatic rings. The fraction of sp³-hybridized carbons (Fsp3) is 0.750. The van der Waals surface area contributed by atoms with E-state index in [2.05, 4.69) is 41.2 Å². The van der Waals surface area contributed by atoms with Gasteiger partial charge in [-0.15, -0.1) is 0 Å². The maximum Gasteiger partial charge on any atom is 0.203 e. The van der Waals surface area contributed by atoms with Crippen LogP contribution in [0.2, 0.25) is 0 Å². The summed E-state index contributed by atoms with van der Waals surface area (Å²) in [5, 5.41) is 3.41. The molecule has 4 heteroatoms. The van der Waals surface area contributed by atoms with Crippen LogP contribution in [0, 0.1) is 0 Å². The predicted octanol–water partition coefficient (Wildman–Crippen LogP) is 3.41. The van der Waals surface area contributed by atoms with Crippen LogP contribution in [0.3, 0.4) is 0 Å². The van der Waals surface area contributed by atoms with E-state index in [1.165, 1.54) is 12.8 Å². The number of unbranched alkanes of at least 4 members (excludes halogenated alkanes) is 1. The third-order valence-corrected chi connectivity index (χ3v) is 3.42. The van der Waals surface area contributed by atoms with E-state index in [9.17, 15) is 0 Å². The Labute approximate surface area is 103 Å². The molecule has 0 saturated carbocycles. The van der Waals surface area contributed by atoms with Gasteiger partial charge >= 0.3 is 0 Å². The first kappa shape index (κ1) is 13.4. The topological polar surface area (TPSA) is 29.9 Å². The highest BCUT2D eigenvalue weighted by molar-refractivity contribution is 7.98. The highest BCUT2D eigenvalue weighted by atomic mass is 32.2. The predicted molar refractivity (Wildman–Crippen MR) is 73.3 cm³/mol. The fourth-order valence-electron chi connectivity index (χ4n) is 1.71. The maximum atomic E-state index is 4.38. The van der Waals surface area contributed by atoms with E-state index in [4.69, 9.17) is 0 Å². The van der Waals surface area contributed by atoms with Crippen molar-refractivity contribution in [3.63, 3.8) is 0 Å². The average Bonchev–Trinajstić information content (AvgIpc) is 2.74. The van der Waals surface area contributed by atoms with Gasteiger partial charge < -0.3 is 9.88 Å². The van der Waals surface area contributed by atoms with Crippen molar-refractivity contribution in [1.29, 1.82) is 0 Å². The Balaban J connectivity index is 2.60. The van der Waals surface area contributed by atoms with Crippen LogP contribution in [-0.2, 0) is 0 Å². The number of rotatable bonds is 8. The lowest BCUT2D eigenvalue weighted by Gasteiger charge is -2.18. The molecule has 0 aliphatic rings. The molecule has 1 N–H and O–H groups in total. The van der Waals surface area contributed by atoms with E-state index < -0.39 is 0 Å². The molecule has 0 fully saturated rings. The molecule has 1 rings (SSSR count). The number of nitrogens with one attached hydrogen (secondary N) is 1. The molecular weight excluding hydrogens is 218 g/mol. The molecule has 0 spiro atoms. The van der Waals surface area contributed by atoms with Crippen molar-refractivity contribution in [1.82, 2.24) is 9.55 Å². The van der Waals surface area contributed by atoms with Crippen molar-refractivity contribution < 1.29 is 0 Å².